The molecule has 1 aromatic carbocycles. The number of carbonyl (C=O) groups is 1. The van der Waals surface area contributed by atoms with Gasteiger partial charge in [-0.05, 0) is 56.4 Å². The third-order valence-electron chi connectivity index (χ3n) is 4.10. The van der Waals surface area contributed by atoms with Crippen LogP contribution in [0.2, 0.25) is 0 Å². The maximum absolute atomic E-state index is 11.1. The summed E-state index contributed by atoms with van der Waals surface area (Å²) in [7, 11) is 1.71. The van der Waals surface area contributed by atoms with E-state index < -0.39 is 5.97 Å². The van der Waals surface area contributed by atoms with Gasteiger partial charge in [-0.3, -0.25) is 0 Å². The molecule has 1 saturated carbocycles. The summed E-state index contributed by atoms with van der Waals surface area (Å²) < 4.78 is 5.20. The lowest BCUT2D eigenvalue weighted by Crippen LogP contribution is -2.37. The van der Waals surface area contributed by atoms with Crippen molar-refractivity contribution >= 4 is 11.7 Å². The molecule has 0 saturated heterocycles. The van der Waals surface area contributed by atoms with Crippen LogP contribution in [0, 0.1) is 12.8 Å². The molecule has 0 bridgehead atoms. The smallest absolute Gasteiger partial charge is 0.335 e. The predicted molar refractivity (Wildman–Crippen MR) is 79.5 cm³/mol. The fourth-order valence-electron chi connectivity index (χ4n) is 2.66. The zero-order chi connectivity index (χ0) is 14.7. The van der Waals surface area contributed by atoms with Gasteiger partial charge in [0, 0.05) is 25.4 Å². The number of hydrogen-bond donors (Lipinski definition) is 1. The summed E-state index contributed by atoms with van der Waals surface area (Å²) in [4.78, 5) is 13.4. The Labute approximate surface area is 120 Å². The van der Waals surface area contributed by atoms with Crippen molar-refractivity contribution in [1.82, 2.24) is 0 Å². The minimum atomic E-state index is -0.868. The zero-order valence-electron chi connectivity index (χ0n) is 12.4. The molecule has 2 rings (SSSR count). The lowest BCUT2D eigenvalue weighted by Gasteiger charge is -2.32. The van der Waals surface area contributed by atoms with Crippen molar-refractivity contribution in [3.8, 4) is 0 Å². The Morgan fingerprint density at radius 1 is 1.50 bits per heavy atom. The number of carboxylic acid groups (broad SMARTS) is 1. The lowest BCUT2D eigenvalue weighted by atomic mass is 10.1. The first kappa shape index (κ1) is 14.9. The van der Waals surface area contributed by atoms with Crippen molar-refractivity contribution in [3.05, 3.63) is 29.3 Å². The highest BCUT2D eigenvalue weighted by atomic mass is 16.5. The van der Waals surface area contributed by atoms with Crippen LogP contribution in [0.3, 0.4) is 0 Å². The van der Waals surface area contributed by atoms with Crippen molar-refractivity contribution in [2.75, 3.05) is 25.2 Å². The molecule has 20 heavy (non-hydrogen) atoms. The van der Waals surface area contributed by atoms with E-state index in [9.17, 15) is 4.79 Å². The second kappa shape index (κ2) is 6.27. The second-order valence-electron chi connectivity index (χ2n) is 5.57. The number of carboxylic acids is 1. The van der Waals surface area contributed by atoms with E-state index in [2.05, 4.69) is 11.8 Å². The van der Waals surface area contributed by atoms with Gasteiger partial charge in [-0.2, -0.15) is 0 Å². The monoisotopic (exact) mass is 277 g/mol. The fourth-order valence-corrected chi connectivity index (χ4v) is 2.66. The summed E-state index contributed by atoms with van der Waals surface area (Å²) in [6.07, 6.45) is 2.58. The average molecular weight is 277 g/mol. The van der Waals surface area contributed by atoms with Gasteiger partial charge in [0.15, 0.2) is 0 Å². The molecule has 1 N–H and O–H groups in total. The molecule has 0 aromatic heterocycles. The van der Waals surface area contributed by atoms with Gasteiger partial charge in [-0.1, -0.05) is 0 Å². The minimum absolute atomic E-state index is 0.375. The Balaban J connectivity index is 2.23. The number of nitrogens with zero attached hydrogens (tertiary/aromatic N) is 1. The summed E-state index contributed by atoms with van der Waals surface area (Å²) in [5, 5.41) is 9.11. The number of rotatable bonds is 7. The highest BCUT2D eigenvalue weighted by Gasteiger charge is 2.32. The number of ether oxygens (including phenoxy) is 1. The van der Waals surface area contributed by atoms with Gasteiger partial charge in [0.25, 0.3) is 0 Å². The van der Waals surface area contributed by atoms with Gasteiger partial charge in [0.05, 0.1) is 12.2 Å². The standard InChI is InChI=1S/C16H23NO3/c1-11-10-14(6-7-15(11)16(18)19)17(8-9-20-3)12(2)13-4-5-13/h6-7,10,12-13H,4-5,8-9H2,1-3H3,(H,18,19). The molecule has 1 aliphatic carbocycles. The molecule has 1 fully saturated rings. The number of aryl methyl sites for hydroxylation is 1. The third kappa shape index (κ3) is 3.31. The third-order valence-corrected chi connectivity index (χ3v) is 4.10. The van der Waals surface area contributed by atoms with Crippen molar-refractivity contribution in [1.29, 1.82) is 0 Å². The van der Waals surface area contributed by atoms with Crippen molar-refractivity contribution in [2.45, 2.75) is 32.7 Å². The van der Waals surface area contributed by atoms with Crippen LogP contribution in [-0.2, 0) is 4.74 Å². The molecular formula is C16H23NO3. The molecule has 1 aromatic rings. The Hall–Kier alpha value is -1.55. The van der Waals surface area contributed by atoms with Crippen molar-refractivity contribution in [3.63, 3.8) is 0 Å². The van der Waals surface area contributed by atoms with Crippen LogP contribution in [-0.4, -0.2) is 37.4 Å². The quantitative estimate of drug-likeness (QED) is 0.832. The molecule has 1 atom stereocenters. The van der Waals surface area contributed by atoms with Gasteiger partial charge >= 0.3 is 5.97 Å². The van der Waals surface area contributed by atoms with Crippen LogP contribution >= 0.6 is 0 Å². The average Bonchev–Trinajstić information content (AvgIpc) is 3.22. The molecule has 0 amide bonds. The van der Waals surface area contributed by atoms with Crippen LogP contribution in [0.1, 0.15) is 35.7 Å². The van der Waals surface area contributed by atoms with Crippen LogP contribution in [0.25, 0.3) is 0 Å². The molecule has 1 aliphatic rings. The lowest BCUT2D eigenvalue weighted by molar-refractivity contribution is 0.0696. The van der Waals surface area contributed by atoms with Crippen molar-refractivity contribution in [2.24, 2.45) is 5.92 Å². The summed E-state index contributed by atoms with van der Waals surface area (Å²) in [6.45, 7) is 5.60. The number of benzene rings is 1. The van der Waals surface area contributed by atoms with Crippen LogP contribution < -0.4 is 4.90 Å². The van der Waals surface area contributed by atoms with Gasteiger partial charge in [-0.25, -0.2) is 4.79 Å². The summed E-state index contributed by atoms with van der Waals surface area (Å²) >= 11 is 0. The largest absolute Gasteiger partial charge is 0.478 e. The van der Waals surface area contributed by atoms with Crippen LogP contribution in [0.15, 0.2) is 18.2 Å². The summed E-state index contributed by atoms with van der Waals surface area (Å²) in [5.41, 5.74) is 2.27. The number of anilines is 1. The topological polar surface area (TPSA) is 49.8 Å². The minimum Gasteiger partial charge on any atom is -0.478 e. The molecule has 4 nitrogen and oxygen atoms in total. The summed E-state index contributed by atoms with van der Waals surface area (Å²) in [6, 6.07) is 6.05. The fraction of sp³-hybridized carbons (Fsp3) is 0.562. The zero-order valence-corrected chi connectivity index (χ0v) is 12.4. The molecule has 1 unspecified atom stereocenters. The molecule has 0 spiro atoms. The maximum atomic E-state index is 11.1. The van der Waals surface area contributed by atoms with E-state index in [4.69, 9.17) is 9.84 Å². The molecule has 0 heterocycles. The van der Waals surface area contributed by atoms with E-state index in [0.29, 0.717) is 18.2 Å². The molecular weight excluding hydrogens is 254 g/mol. The molecule has 0 radical (unpaired) electrons. The van der Waals surface area contributed by atoms with Crippen molar-refractivity contribution < 1.29 is 14.6 Å². The van der Waals surface area contributed by atoms with Gasteiger partial charge in [-0.15, -0.1) is 0 Å². The van der Waals surface area contributed by atoms with Crippen LogP contribution in [0.4, 0.5) is 5.69 Å². The Morgan fingerprint density at radius 3 is 2.70 bits per heavy atom. The summed E-state index contributed by atoms with van der Waals surface area (Å²) in [5.74, 6) is -0.112. The first-order chi connectivity index (χ1) is 9.54. The van der Waals surface area contributed by atoms with Gasteiger partial charge in [0.1, 0.15) is 0 Å². The normalized spacial score (nSPS) is 15.9. The Bertz CT molecular complexity index is 483. The molecule has 0 aliphatic heterocycles. The Morgan fingerprint density at radius 2 is 2.20 bits per heavy atom. The van der Waals surface area contributed by atoms with Crippen LogP contribution in [0.5, 0.6) is 0 Å². The Kier molecular flexibility index (Phi) is 4.65. The first-order valence-electron chi connectivity index (χ1n) is 7.14. The highest BCUT2D eigenvalue weighted by Crippen LogP contribution is 2.37. The molecule has 110 valence electrons. The van der Waals surface area contributed by atoms with E-state index in [1.54, 1.807) is 13.2 Å². The van der Waals surface area contributed by atoms with E-state index in [-0.39, 0.29) is 0 Å². The van der Waals surface area contributed by atoms with E-state index in [0.717, 1.165) is 23.7 Å². The number of methoxy groups -OCH3 is 1. The van der Waals surface area contributed by atoms with E-state index in [1.807, 2.05) is 19.1 Å². The number of hydrogen-bond acceptors (Lipinski definition) is 3. The van der Waals surface area contributed by atoms with E-state index >= 15 is 0 Å². The highest BCUT2D eigenvalue weighted by molar-refractivity contribution is 5.89. The second-order valence-corrected chi connectivity index (χ2v) is 5.57. The first-order valence-corrected chi connectivity index (χ1v) is 7.14. The SMILES string of the molecule is COCCN(c1ccc(C(=O)O)c(C)c1)C(C)C1CC1. The van der Waals surface area contributed by atoms with Gasteiger partial charge in [0.2, 0.25) is 0 Å². The number of aromatic carboxylic acids is 1. The van der Waals surface area contributed by atoms with E-state index in [1.165, 1.54) is 12.8 Å². The van der Waals surface area contributed by atoms with Gasteiger partial charge < -0.3 is 14.7 Å². The molecule has 4 heteroatoms. The maximum Gasteiger partial charge on any atom is 0.335 e. The predicted octanol–water partition coefficient (Wildman–Crippen LogP) is 2.94.